The minimum atomic E-state index is 0.121. The molecule has 0 N–H and O–H groups in total. The van der Waals surface area contributed by atoms with Crippen LogP contribution in [0.15, 0.2) is 42.5 Å². The van der Waals surface area contributed by atoms with Gasteiger partial charge in [0, 0.05) is 11.3 Å². The topological polar surface area (TPSA) is 20.3 Å². The van der Waals surface area contributed by atoms with E-state index in [0.717, 1.165) is 22.4 Å². The fraction of sp³-hybridized carbons (Fsp3) is 0.381. The molecule has 0 bridgehead atoms. The van der Waals surface area contributed by atoms with Crippen molar-refractivity contribution in [1.82, 2.24) is 0 Å². The number of rotatable bonds is 5. The summed E-state index contributed by atoms with van der Waals surface area (Å²) < 4.78 is 0. The van der Waals surface area contributed by atoms with Crippen molar-refractivity contribution >= 4 is 11.6 Å². The highest BCUT2D eigenvalue weighted by Gasteiger charge is 2.28. The first-order valence-corrected chi connectivity index (χ1v) is 8.61. The van der Waals surface area contributed by atoms with Gasteiger partial charge in [0.25, 0.3) is 5.91 Å². The Bertz CT molecular complexity index is 702. The molecule has 0 aromatic heterocycles. The number of unbranched alkanes of at least 4 members (excludes halogenated alkanes) is 1. The Labute approximate surface area is 139 Å². The lowest BCUT2D eigenvalue weighted by Gasteiger charge is -2.17. The van der Waals surface area contributed by atoms with Crippen LogP contribution in [0.3, 0.4) is 0 Å². The fourth-order valence-electron chi connectivity index (χ4n) is 3.28. The lowest BCUT2D eigenvalue weighted by Crippen LogP contribution is -2.22. The fourth-order valence-corrected chi connectivity index (χ4v) is 3.28. The van der Waals surface area contributed by atoms with Crippen LogP contribution < -0.4 is 4.90 Å². The third-order valence-electron chi connectivity index (χ3n) is 4.83. The molecule has 0 fully saturated rings. The van der Waals surface area contributed by atoms with E-state index in [4.69, 9.17) is 0 Å². The molecule has 0 saturated carbocycles. The van der Waals surface area contributed by atoms with Crippen molar-refractivity contribution in [2.45, 2.75) is 52.5 Å². The average molecular weight is 307 g/mol. The number of carbonyl (C=O) groups is 1. The molecule has 23 heavy (non-hydrogen) atoms. The van der Waals surface area contributed by atoms with E-state index in [1.807, 2.05) is 17.9 Å². The summed E-state index contributed by atoms with van der Waals surface area (Å²) in [5.41, 5.74) is 5.47. The van der Waals surface area contributed by atoms with Crippen LogP contribution in [0.5, 0.6) is 0 Å². The molecule has 1 aliphatic heterocycles. The van der Waals surface area contributed by atoms with E-state index in [1.54, 1.807) is 0 Å². The molecule has 2 nitrogen and oxygen atoms in total. The molecule has 120 valence electrons. The summed E-state index contributed by atoms with van der Waals surface area (Å²) >= 11 is 0. The summed E-state index contributed by atoms with van der Waals surface area (Å²) in [4.78, 5) is 14.5. The number of carbonyl (C=O) groups excluding carboxylic acids is 1. The predicted molar refractivity (Wildman–Crippen MR) is 96.1 cm³/mol. The molecule has 0 aliphatic carbocycles. The van der Waals surface area contributed by atoms with E-state index >= 15 is 0 Å². The highest BCUT2D eigenvalue weighted by atomic mass is 16.2. The molecule has 0 spiro atoms. The van der Waals surface area contributed by atoms with Crippen LogP contribution >= 0.6 is 0 Å². The van der Waals surface area contributed by atoms with Gasteiger partial charge < -0.3 is 4.90 Å². The number of hydrogen-bond donors (Lipinski definition) is 0. The van der Waals surface area contributed by atoms with Gasteiger partial charge in [0.1, 0.15) is 0 Å². The van der Waals surface area contributed by atoms with Gasteiger partial charge in [-0.15, -0.1) is 0 Å². The van der Waals surface area contributed by atoms with Gasteiger partial charge in [-0.05, 0) is 48.6 Å². The molecular weight excluding hydrogens is 282 g/mol. The van der Waals surface area contributed by atoms with Crippen LogP contribution in [-0.4, -0.2) is 5.91 Å². The van der Waals surface area contributed by atoms with Gasteiger partial charge in [0.05, 0.1) is 6.54 Å². The van der Waals surface area contributed by atoms with Crippen molar-refractivity contribution in [3.8, 4) is 0 Å². The van der Waals surface area contributed by atoms with Crippen LogP contribution in [0.1, 0.15) is 66.1 Å². The zero-order chi connectivity index (χ0) is 16.4. The largest absolute Gasteiger partial charge is 0.304 e. The molecular formula is C21H25NO. The second kappa shape index (κ2) is 6.57. The standard InChI is InChI=1S/C21H25NO/c1-4-5-6-16(3)17-9-11-19(12-10-17)22-14-18-8-7-15(2)13-20(18)21(22)23/h7-13,16H,4-6,14H2,1-3H3. The number of fused-ring (bicyclic) bond motifs is 1. The number of aryl methyl sites for hydroxylation is 1. The summed E-state index contributed by atoms with van der Waals surface area (Å²) in [5.74, 6) is 0.702. The van der Waals surface area contributed by atoms with Gasteiger partial charge >= 0.3 is 0 Å². The zero-order valence-corrected chi connectivity index (χ0v) is 14.3. The molecule has 3 rings (SSSR count). The van der Waals surface area contributed by atoms with Crippen molar-refractivity contribution in [3.63, 3.8) is 0 Å². The van der Waals surface area contributed by atoms with E-state index in [0.29, 0.717) is 12.5 Å². The van der Waals surface area contributed by atoms with E-state index in [-0.39, 0.29) is 5.91 Å². The Morgan fingerprint density at radius 1 is 1.13 bits per heavy atom. The third kappa shape index (κ3) is 3.17. The van der Waals surface area contributed by atoms with Crippen molar-refractivity contribution < 1.29 is 4.79 Å². The maximum absolute atomic E-state index is 12.6. The first kappa shape index (κ1) is 15.8. The first-order valence-electron chi connectivity index (χ1n) is 8.61. The molecule has 2 aromatic rings. The molecule has 1 heterocycles. The normalized spacial score (nSPS) is 14.9. The average Bonchev–Trinajstić information content (AvgIpc) is 2.89. The monoisotopic (exact) mass is 307 g/mol. The van der Waals surface area contributed by atoms with Gasteiger partial charge in [0.2, 0.25) is 0 Å². The molecule has 1 aliphatic rings. The summed E-state index contributed by atoms with van der Waals surface area (Å²) in [6, 6.07) is 14.7. The second-order valence-corrected chi connectivity index (χ2v) is 6.69. The number of benzene rings is 2. The van der Waals surface area contributed by atoms with Crippen LogP contribution in [0.2, 0.25) is 0 Å². The lowest BCUT2D eigenvalue weighted by molar-refractivity contribution is 0.0996. The van der Waals surface area contributed by atoms with Crippen molar-refractivity contribution in [2.24, 2.45) is 0 Å². The van der Waals surface area contributed by atoms with Crippen LogP contribution in [0.4, 0.5) is 5.69 Å². The number of anilines is 1. The van der Waals surface area contributed by atoms with E-state index < -0.39 is 0 Å². The quantitative estimate of drug-likeness (QED) is 0.719. The summed E-state index contributed by atoms with van der Waals surface area (Å²) in [7, 11) is 0. The van der Waals surface area contributed by atoms with Crippen LogP contribution in [0.25, 0.3) is 0 Å². The first-order chi connectivity index (χ1) is 11.1. The summed E-state index contributed by atoms with van der Waals surface area (Å²) in [6.07, 6.45) is 3.73. The predicted octanol–water partition coefficient (Wildman–Crippen LogP) is 5.45. The summed E-state index contributed by atoms with van der Waals surface area (Å²) in [5, 5.41) is 0. The minimum Gasteiger partial charge on any atom is -0.304 e. The second-order valence-electron chi connectivity index (χ2n) is 6.69. The smallest absolute Gasteiger partial charge is 0.258 e. The Morgan fingerprint density at radius 2 is 1.87 bits per heavy atom. The molecule has 0 saturated heterocycles. The van der Waals surface area contributed by atoms with Gasteiger partial charge in [-0.1, -0.05) is 56.5 Å². The number of nitrogens with zero attached hydrogens (tertiary/aromatic N) is 1. The maximum atomic E-state index is 12.6. The van der Waals surface area contributed by atoms with Crippen molar-refractivity contribution in [2.75, 3.05) is 4.90 Å². The highest BCUT2D eigenvalue weighted by molar-refractivity contribution is 6.10. The van der Waals surface area contributed by atoms with E-state index in [2.05, 4.69) is 50.2 Å². The molecule has 1 atom stereocenters. The van der Waals surface area contributed by atoms with Gasteiger partial charge in [-0.2, -0.15) is 0 Å². The summed E-state index contributed by atoms with van der Waals surface area (Å²) in [6.45, 7) is 7.22. The highest BCUT2D eigenvalue weighted by Crippen LogP contribution is 2.30. The Morgan fingerprint density at radius 3 is 2.57 bits per heavy atom. The van der Waals surface area contributed by atoms with Gasteiger partial charge in [-0.3, -0.25) is 4.79 Å². The number of hydrogen-bond acceptors (Lipinski definition) is 1. The molecule has 0 radical (unpaired) electrons. The van der Waals surface area contributed by atoms with E-state index in [9.17, 15) is 4.79 Å². The van der Waals surface area contributed by atoms with Crippen LogP contribution in [0, 0.1) is 6.92 Å². The lowest BCUT2D eigenvalue weighted by atomic mass is 9.95. The van der Waals surface area contributed by atoms with Crippen molar-refractivity contribution in [1.29, 1.82) is 0 Å². The number of amides is 1. The molecule has 2 aromatic carbocycles. The minimum absolute atomic E-state index is 0.121. The Hall–Kier alpha value is -2.09. The van der Waals surface area contributed by atoms with Crippen LogP contribution in [-0.2, 0) is 6.54 Å². The molecule has 1 amide bonds. The maximum Gasteiger partial charge on any atom is 0.258 e. The molecule has 1 unspecified atom stereocenters. The van der Waals surface area contributed by atoms with E-state index in [1.165, 1.54) is 24.8 Å². The van der Waals surface area contributed by atoms with Gasteiger partial charge in [0.15, 0.2) is 0 Å². The Balaban J connectivity index is 1.77. The molecule has 2 heteroatoms. The third-order valence-corrected chi connectivity index (χ3v) is 4.83. The zero-order valence-electron chi connectivity index (χ0n) is 14.3. The van der Waals surface area contributed by atoms with Crippen molar-refractivity contribution in [3.05, 3.63) is 64.7 Å². The Kier molecular flexibility index (Phi) is 4.51. The SMILES string of the molecule is CCCCC(C)c1ccc(N2Cc3ccc(C)cc3C2=O)cc1. The van der Waals surface area contributed by atoms with Gasteiger partial charge in [-0.25, -0.2) is 0 Å².